The van der Waals surface area contributed by atoms with E-state index in [0.29, 0.717) is 17.8 Å². The van der Waals surface area contributed by atoms with Crippen LogP contribution in [0.4, 0.5) is 5.69 Å². The maximum absolute atomic E-state index is 11.4. The molecule has 5 heteroatoms. The Morgan fingerprint density at radius 1 is 1.47 bits per heavy atom. The smallest absolute Gasteiger partial charge is 0.338 e. The van der Waals surface area contributed by atoms with E-state index in [1.807, 2.05) is 19.1 Å². The Balaban J connectivity index is 2.19. The molecule has 0 aliphatic heterocycles. The molecule has 0 aromatic heterocycles. The highest BCUT2D eigenvalue weighted by Crippen LogP contribution is 2.45. The quantitative estimate of drug-likeness (QED) is 0.670. The van der Waals surface area contributed by atoms with Crippen LogP contribution in [-0.4, -0.2) is 35.1 Å². The van der Waals surface area contributed by atoms with Crippen molar-refractivity contribution in [2.24, 2.45) is 5.41 Å². The highest BCUT2D eigenvalue weighted by atomic mass is 32.2. The molecule has 104 valence electrons. The number of hydrogen-bond acceptors (Lipinski definition) is 4. The lowest BCUT2D eigenvalue weighted by Crippen LogP contribution is -2.20. The van der Waals surface area contributed by atoms with E-state index in [2.05, 4.69) is 5.32 Å². The number of hydrogen-bond donors (Lipinski definition) is 3. The van der Waals surface area contributed by atoms with Crippen molar-refractivity contribution < 1.29 is 15.0 Å². The van der Waals surface area contributed by atoms with Gasteiger partial charge >= 0.3 is 5.97 Å². The van der Waals surface area contributed by atoms with E-state index in [9.17, 15) is 15.0 Å². The monoisotopic (exact) mass is 281 g/mol. The number of carboxylic acid groups (broad SMARTS) is 1. The van der Waals surface area contributed by atoms with Crippen LogP contribution in [-0.2, 0) is 0 Å². The molecule has 0 unspecified atom stereocenters. The van der Waals surface area contributed by atoms with Gasteiger partial charge in [0.2, 0.25) is 0 Å². The first kappa shape index (κ1) is 14.2. The van der Waals surface area contributed by atoms with Gasteiger partial charge in [0.25, 0.3) is 0 Å². The predicted octanol–water partition coefficient (Wildman–Crippen LogP) is 2.68. The highest BCUT2D eigenvalue weighted by molar-refractivity contribution is 7.99. The SMILES string of the molecule is CCSc1cccc(NCC2(CO)CC2)c1C(=O)O. The average molecular weight is 281 g/mol. The van der Waals surface area contributed by atoms with Crippen LogP contribution in [0.2, 0.25) is 0 Å². The average Bonchev–Trinajstić information content (AvgIpc) is 3.17. The molecule has 4 nitrogen and oxygen atoms in total. The summed E-state index contributed by atoms with van der Waals surface area (Å²) >= 11 is 1.53. The second kappa shape index (κ2) is 5.84. The summed E-state index contributed by atoms with van der Waals surface area (Å²) in [5.74, 6) is -0.0717. The molecular formula is C14H19NO3S. The number of aromatic carboxylic acids is 1. The van der Waals surface area contributed by atoms with Gasteiger partial charge in [-0.2, -0.15) is 0 Å². The van der Waals surface area contributed by atoms with Crippen molar-refractivity contribution in [3.63, 3.8) is 0 Å². The normalized spacial score (nSPS) is 16.1. The Kier molecular flexibility index (Phi) is 4.37. The molecule has 0 heterocycles. The molecule has 0 bridgehead atoms. The summed E-state index contributed by atoms with van der Waals surface area (Å²) < 4.78 is 0. The molecule has 1 aromatic carbocycles. The Morgan fingerprint density at radius 2 is 2.21 bits per heavy atom. The Morgan fingerprint density at radius 3 is 2.74 bits per heavy atom. The summed E-state index contributed by atoms with van der Waals surface area (Å²) in [5.41, 5.74) is 0.942. The van der Waals surface area contributed by atoms with Crippen LogP contribution in [0.1, 0.15) is 30.1 Å². The molecule has 0 spiro atoms. The number of aliphatic hydroxyl groups is 1. The van der Waals surface area contributed by atoms with Gasteiger partial charge in [-0.15, -0.1) is 11.8 Å². The van der Waals surface area contributed by atoms with Crippen LogP contribution in [0.5, 0.6) is 0 Å². The third kappa shape index (κ3) is 3.22. The maximum atomic E-state index is 11.4. The molecule has 1 aromatic rings. The summed E-state index contributed by atoms with van der Waals surface area (Å²) in [7, 11) is 0. The predicted molar refractivity (Wildman–Crippen MR) is 77.0 cm³/mol. The summed E-state index contributed by atoms with van der Waals surface area (Å²) in [5, 5.41) is 21.9. The van der Waals surface area contributed by atoms with Crippen molar-refractivity contribution in [3.05, 3.63) is 23.8 Å². The van der Waals surface area contributed by atoms with Gasteiger partial charge in [-0.05, 0) is 30.7 Å². The van der Waals surface area contributed by atoms with Crippen LogP contribution in [0.25, 0.3) is 0 Å². The molecule has 19 heavy (non-hydrogen) atoms. The Hall–Kier alpha value is -1.20. The molecule has 0 saturated heterocycles. The van der Waals surface area contributed by atoms with E-state index in [1.54, 1.807) is 6.07 Å². The number of nitrogens with one attached hydrogen (secondary N) is 1. The second-order valence-electron chi connectivity index (χ2n) is 4.93. The minimum atomic E-state index is -0.909. The number of anilines is 1. The lowest BCUT2D eigenvalue weighted by Gasteiger charge is -2.17. The maximum Gasteiger partial charge on any atom is 0.338 e. The van der Waals surface area contributed by atoms with Crippen LogP contribution in [0, 0.1) is 5.41 Å². The van der Waals surface area contributed by atoms with Crippen molar-refractivity contribution in [1.29, 1.82) is 0 Å². The van der Waals surface area contributed by atoms with Gasteiger partial charge in [0.1, 0.15) is 0 Å². The Bertz CT molecular complexity index is 472. The number of carboxylic acids is 1. The lowest BCUT2D eigenvalue weighted by atomic mass is 10.1. The second-order valence-corrected chi connectivity index (χ2v) is 6.23. The molecular weight excluding hydrogens is 262 g/mol. The molecule has 2 rings (SSSR count). The van der Waals surface area contributed by atoms with Gasteiger partial charge in [0.15, 0.2) is 0 Å². The van der Waals surface area contributed by atoms with Crippen molar-refractivity contribution in [2.75, 3.05) is 24.2 Å². The van der Waals surface area contributed by atoms with E-state index in [-0.39, 0.29) is 12.0 Å². The fraction of sp³-hybridized carbons (Fsp3) is 0.500. The fourth-order valence-electron chi connectivity index (χ4n) is 2.03. The number of thioether (sulfide) groups is 1. The molecule has 1 aliphatic rings. The van der Waals surface area contributed by atoms with E-state index in [0.717, 1.165) is 23.5 Å². The summed E-state index contributed by atoms with van der Waals surface area (Å²) in [6.45, 7) is 2.79. The first-order valence-corrected chi connectivity index (χ1v) is 7.44. The third-order valence-corrected chi connectivity index (χ3v) is 4.43. The summed E-state index contributed by atoms with van der Waals surface area (Å²) in [4.78, 5) is 12.2. The molecule has 1 saturated carbocycles. The number of rotatable bonds is 7. The van der Waals surface area contributed by atoms with Crippen molar-refractivity contribution >= 4 is 23.4 Å². The van der Waals surface area contributed by atoms with Crippen molar-refractivity contribution in [2.45, 2.75) is 24.7 Å². The lowest BCUT2D eigenvalue weighted by molar-refractivity contribution is 0.0694. The zero-order valence-electron chi connectivity index (χ0n) is 11.0. The van der Waals surface area contributed by atoms with Crippen molar-refractivity contribution in [3.8, 4) is 0 Å². The molecule has 3 N–H and O–H groups in total. The van der Waals surface area contributed by atoms with Gasteiger partial charge in [0, 0.05) is 22.5 Å². The van der Waals surface area contributed by atoms with Crippen LogP contribution in [0.3, 0.4) is 0 Å². The molecule has 0 radical (unpaired) electrons. The molecule has 0 atom stereocenters. The zero-order valence-corrected chi connectivity index (χ0v) is 11.8. The molecule has 1 fully saturated rings. The zero-order chi connectivity index (χ0) is 13.9. The van der Waals surface area contributed by atoms with Gasteiger partial charge in [-0.3, -0.25) is 0 Å². The van der Waals surface area contributed by atoms with E-state index in [1.165, 1.54) is 11.8 Å². The van der Waals surface area contributed by atoms with E-state index in [4.69, 9.17) is 0 Å². The van der Waals surface area contributed by atoms with Gasteiger partial charge < -0.3 is 15.5 Å². The minimum Gasteiger partial charge on any atom is -0.478 e. The standard InChI is InChI=1S/C14H19NO3S/c1-2-19-11-5-3-4-10(12(11)13(17)18)15-8-14(9-16)6-7-14/h3-5,15-16H,2,6-9H2,1H3,(H,17,18). The number of aliphatic hydroxyl groups excluding tert-OH is 1. The van der Waals surface area contributed by atoms with E-state index < -0.39 is 5.97 Å². The van der Waals surface area contributed by atoms with Crippen LogP contribution in [0.15, 0.2) is 23.1 Å². The largest absolute Gasteiger partial charge is 0.478 e. The van der Waals surface area contributed by atoms with E-state index >= 15 is 0 Å². The number of carbonyl (C=O) groups is 1. The first-order valence-electron chi connectivity index (χ1n) is 6.46. The van der Waals surface area contributed by atoms with Gasteiger partial charge in [-0.1, -0.05) is 13.0 Å². The number of benzene rings is 1. The third-order valence-electron chi connectivity index (χ3n) is 3.49. The highest BCUT2D eigenvalue weighted by Gasteiger charge is 2.41. The van der Waals surface area contributed by atoms with Crippen molar-refractivity contribution in [1.82, 2.24) is 0 Å². The minimum absolute atomic E-state index is 0.0380. The van der Waals surface area contributed by atoms with Gasteiger partial charge in [0.05, 0.1) is 12.2 Å². The molecule has 0 amide bonds. The van der Waals surface area contributed by atoms with Crippen LogP contribution >= 0.6 is 11.8 Å². The topological polar surface area (TPSA) is 69.6 Å². The summed E-state index contributed by atoms with van der Waals surface area (Å²) in [6.07, 6.45) is 2.00. The fourth-order valence-corrected chi connectivity index (χ4v) is 2.85. The first-order chi connectivity index (χ1) is 9.12. The molecule has 1 aliphatic carbocycles. The van der Waals surface area contributed by atoms with Crippen LogP contribution < -0.4 is 5.32 Å². The van der Waals surface area contributed by atoms with Gasteiger partial charge in [-0.25, -0.2) is 4.79 Å². The Labute approximate surface area is 117 Å². The summed E-state index contributed by atoms with van der Waals surface area (Å²) in [6, 6.07) is 5.49.